The highest BCUT2D eigenvalue weighted by Gasteiger charge is 2.18. The second-order valence-corrected chi connectivity index (χ2v) is 8.30. The van der Waals surface area contributed by atoms with E-state index >= 15 is 0 Å². The van der Waals surface area contributed by atoms with Crippen LogP contribution in [0.5, 0.6) is 0 Å². The Hall–Kier alpha value is -4.23. The highest BCUT2D eigenvalue weighted by Crippen LogP contribution is 2.30. The smallest absolute Gasteiger partial charge is 0.253 e. The monoisotopic (exact) mass is 468 g/mol. The molecule has 1 amide bonds. The third kappa shape index (κ3) is 4.09. The van der Waals surface area contributed by atoms with E-state index in [2.05, 4.69) is 15.3 Å². The molecule has 8 heteroatoms. The Balaban J connectivity index is 1.47. The molecule has 3 N–H and O–H groups in total. The number of halogens is 1. The van der Waals surface area contributed by atoms with Crippen molar-refractivity contribution >= 4 is 34.5 Å². The largest absolute Gasteiger partial charge is 0.383 e. The van der Waals surface area contributed by atoms with E-state index in [1.807, 2.05) is 60.2 Å². The zero-order valence-corrected chi connectivity index (χ0v) is 19.1. The van der Waals surface area contributed by atoms with Crippen LogP contribution in [0.25, 0.3) is 28.2 Å². The number of imidazole rings is 1. The van der Waals surface area contributed by atoms with Crippen LogP contribution < -0.4 is 11.1 Å². The molecular formula is C26H21ClN6O. The Morgan fingerprint density at radius 1 is 1.06 bits per heavy atom. The molecule has 7 nitrogen and oxygen atoms in total. The normalized spacial score (nSPS) is 11.0. The average Bonchev–Trinajstić information content (AvgIpc) is 3.21. The molecule has 3 heterocycles. The number of nitrogens with two attached hydrogens (primary N) is 1. The van der Waals surface area contributed by atoms with Gasteiger partial charge in [-0.25, -0.2) is 15.0 Å². The number of carbonyl (C=O) groups excluding carboxylic acids is 1. The predicted molar refractivity (Wildman–Crippen MR) is 134 cm³/mol. The Morgan fingerprint density at radius 3 is 2.62 bits per heavy atom. The highest BCUT2D eigenvalue weighted by atomic mass is 35.5. The predicted octanol–water partition coefficient (Wildman–Crippen LogP) is 4.96. The number of fused-ring (bicyclic) bond motifs is 1. The minimum Gasteiger partial charge on any atom is -0.383 e. The summed E-state index contributed by atoms with van der Waals surface area (Å²) in [5.41, 5.74) is 11.7. The van der Waals surface area contributed by atoms with Gasteiger partial charge in [-0.05, 0) is 60.5 Å². The zero-order valence-electron chi connectivity index (χ0n) is 18.4. The van der Waals surface area contributed by atoms with Gasteiger partial charge in [0, 0.05) is 24.6 Å². The number of benzene rings is 2. The van der Waals surface area contributed by atoms with Crippen LogP contribution in [-0.2, 0) is 6.54 Å². The molecule has 0 saturated heterocycles. The van der Waals surface area contributed by atoms with Gasteiger partial charge in [0.2, 0.25) is 0 Å². The molecule has 0 aliphatic rings. The molecule has 34 heavy (non-hydrogen) atoms. The number of rotatable bonds is 5. The third-order valence-electron chi connectivity index (χ3n) is 5.48. The molecule has 0 aliphatic heterocycles. The molecule has 0 aliphatic carbocycles. The quantitative estimate of drug-likeness (QED) is 0.380. The average molecular weight is 469 g/mol. The first-order chi connectivity index (χ1) is 16.5. The van der Waals surface area contributed by atoms with Crippen molar-refractivity contribution in [3.05, 3.63) is 101 Å². The number of hydrogen-bond donors (Lipinski definition) is 2. The van der Waals surface area contributed by atoms with Crippen LogP contribution in [0.4, 0.5) is 5.82 Å². The van der Waals surface area contributed by atoms with Gasteiger partial charge >= 0.3 is 0 Å². The Kier molecular flexibility index (Phi) is 5.69. The van der Waals surface area contributed by atoms with Crippen molar-refractivity contribution in [2.24, 2.45) is 0 Å². The van der Waals surface area contributed by atoms with Crippen molar-refractivity contribution in [1.82, 2.24) is 24.8 Å². The summed E-state index contributed by atoms with van der Waals surface area (Å²) in [6.07, 6.45) is 3.47. The van der Waals surface area contributed by atoms with Gasteiger partial charge in [-0.15, -0.1) is 0 Å². The summed E-state index contributed by atoms with van der Waals surface area (Å²) in [7, 11) is 0. The van der Waals surface area contributed by atoms with Gasteiger partial charge in [-0.2, -0.15) is 0 Å². The molecule has 5 rings (SSSR count). The lowest BCUT2D eigenvalue weighted by Gasteiger charge is -2.11. The third-order valence-corrected chi connectivity index (χ3v) is 5.81. The Morgan fingerprint density at radius 2 is 1.85 bits per heavy atom. The van der Waals surface area contributed by atoms with Gasteiger partial charge in [-0.3, -0.25) is 9.36 Å². The van der Waals surface area contributed by atoms with Gasteiger partial charge in [0.25, 0.3) is 5.91 Å². The topological polar surface area (TPSA) is 98.7 Å². The van der Waals surface area contributed by atoms with Crippen molar-refractivity contribution in [2.75, 3.05) is 5.73 Å². The summed E-state index contributed by atoms with van der Waals surface area (Å²) in [6, 6.07) is 20.5. The summed E-state index contributed by atoms with van der Waals surface area (Å²) in [4.78, 5) is 26.1. The summed E-state index contributed by atoms with van der Waals surface area (Å²) < 4.78 is 1.97. The molecule has 3 aromatic heterocycles. The molecule has 0 unspecified atom stereocenters. The summed E-state index contributed by atoms with van der Waals surface area (Å²) in [6.45, 7) is 2.35. The molecule has 0 bridgehead atoms. The van der Waals surface area contributed by atoms with Crippen molar-refractivity contribution in [3.63, 3.8) is 0 Å². The SMILES string of the molecule is Cc1cnc2c(c1)nc(-c1cccnc1N)n2-c1ccc(CNC(=O)c2ccccc2Cl)cc1. The van der Waals surface area contributed by atoms with E-state index < -0.39 is 0 Å². The number of aromatic nitrogens is 4. The van der Waals surface area contributed by atoms with E-state index in [9.17, 15) is 4.79 Å². The number of amides is 1. The van der Waals surface area contributed by atoms with Crippen LogP contribution in [0.15, 0.2) is 79.1 Å². The second-order valence-electron chi connectivity index (χ2n) is 7.89. The summed E-state index contributed by atoms with van der Waals surface area (Å²) >= 11 is 6.12. The van der Waals surface area contributed by atoms with Crippen LogP contribution in [0, 0.1) is 6.92 Å². The highest BCUT2D eigenvalue weighted by molar-refractivity contribution is 6.33. The fourth-order valence-electron chi connectivity index (χ4n) is 3.78. The van der Waals surface area contributed by atoms with Gasteiger partial charge < -0.3 is 11.1 Å². The maximum absolute atomic E-state index is 12.5. The summed E-state index contributed by atoms with van der Waals surface area (Å²) in [5, 5.41) is 3.33. The van der Waals surface area contributed by atoms with E-state index in [-0.39, 0.29) is 5.91 Å². The van der Waals surface area contributed by atoms with E-state index in [1.165, 1.54) is 0 Å². The second kappa shape index (κ2) is 8.96. The molecule has 0 fully saturated rings. The number of aryl methyl sites for hydroxylation is 1. The molecule has 0 saturated carbocycles. The van der Waals surface area contributed by atoms with Gasteiger partial charge in [0.1, 0.15) is 11.3 Å². The molecule has 2 aromatic carbocycles. The van der Waals surface area contributed by atoms with E-state index in [1.54, 1.807) is 30.5 Å². The van der Waals surface area contributed by atoms with Gasteiger partial charge in [-0.1, -0.05) is 35.9 Å². The first-order valence-electron chi connectivity index (χ1n) is 10.7. The van der Waals surface area contributed by atoms with E-state index in [4.69, 9.17) is 22.3 Å². The fourth-order valence-corrected chi connectivity index (χ4v) is 4.00. The minimum absolute atomic E-state index is 0.218. The number of nitrogen functional groups attached to an aromatic ring is 1. The lowest BCUT2D eigenvalue weighted by Crippen LogP contribution is -2.23. The van der Waals surface area contributed by atoms with Crippen molar-refractivity contribution in [1.29, 1.82) is 0 Å². The molecule has 5 aromatic rings. The van der Waals surface area contributed by atoms with Gasteiger partial charge in [0.15, 0.2) is 11.5 Å². The van der Waals surface area contributed by atoms with E-state index in [0.717, 1.165) is 33.5 Å². The molecule has 0 atom stereocenters. The number of hydrogen-bond acceptors (Lipinski definition) is 5. The molecule has 0 spiro atoms. The molecule has 0 radical (unpaired) electrons. The first-order valence-corrected chi connectivity index (χ1v) is 11.1. The lowest BCUT2D eigenvalue weighted by molar-refractivity contribution is 0.0951. The van der Waals surface area contributed by atoms with Crippen molar-refractivity contribution in [3.8, 4) is 17.1 Å². The van der Waals surface area contributed by atoms with Crippen molar-refractivity contribution in [2.45, 2.75) is 13.5 Å². The van der Waals surface area contributed by atoms with Gasteiger partial charge in [0.05, 0.1) is 16.1 Å². The number of pyridine rings is 2. The first kappa shape index (κ1) is 21.6. The maximum atomic E-state index is 12.5. The van der Waals surface area contributed by atoms with Crippen LogP contribution >= 0.6 is 11.6 Å². The van der Waals surface area contributed by atoms with Crippen LogP contribution in [0.1, 0.15) is 21.5 Å². The number of nitrogens with one attached hydrogen (secondary N) is 1. The van der Waals surface area contributed by atoms with Crippen LogP contribution in [-0.4, -0.2) is 25.4 Å². The number of carbonyl (C=O) groups is 1. The number of anilines is 1. The molecular weight excluding hydrogens is 448 g/mol. The van der Waals surface area contributed by atoms with Crippen molar-refractivity contribution < 1.29 is 4.79 Å². The van der Waals surface area contributed by atoms with Crippen LogP contribution in [0.3, 0.4) is 0 Å². The summed E-state index contributed by atoms with van der Waals surface area (Å²) in [5.74, 6) is 0.845. The standard InChI is InChI=1S/C26H21ClN6O/c1-16-13-22-25(30-14-16)33(24(32-22)20-6-4-12-29-23(20)28)18-10-8-17(9-11-18)15-31-26(34)19-5-2-3-7-21(19)27/h2-14H,15H2,1H3,(H2,28,29)(H,31,34). The van der Waals surface area contributed by atoms with Crippen LogP contribution in [0.2, 0.25) is 5.02 Å². The molecule has 168 valence electrons. The maximum Gasteiger partial charge on any atom is 0.253 e. The number of nitrogens with zero attached hydrogens (tertiary/aromatic N) is 4. The van der Waals surface area contributed by atoms with E-state index in [0.29, 0.717) is 28.8 Å². The Labute approximate surface area is 201 Å². The minimum atomic E-state index is -0.218. The fraction of sp³-hybridized carbons (Fsp3) is 0.0769. The lowest BCUT2D eigenvalue weighted by atomic mass is 10.1. The zero-order chi connectivity index (χ0) is 23.7. The Bertz CT molecular complexity index is 1510.